The van der Waals surface area contributed by atoms with E-state index in [4.69, 9.17) is 15.7 Å². The number of aryl methyl sites for hydroxylation is 2. The lowest BCUT2D eigenvalue weighted by Gasteiger charge is -2.44. The molecule has 0 amide bonds. The molecule has 2 N–H and O–H groups in total. The van der Waals surface area contributed by atoms with Crippen LogP contribution in [0.1, 0.15) is 60.2 Å². The second-order valence-corrected chi connectivity index (χ2v) is 7.90. The monoisotopic (exact) mass is 353 g/mol. The zero-order valence-electron chi connectivity index (χ0n) is 16.1. The van der Waals surface area contributed by atoms with Gasteiger partial charge in [-0.3, -0.25) is 9.88 Å². The van der Waals surface area contributed by atoms with Gasteiger partial charge in [0.1, 0.15) is 5.82 Å². The van der Waals surface area contributed by atoms with E-state index in [9.17, 15) is 0 Å². The molecule has 0 spiro atoms. The summed E-state index contributed by atoms with van der Waals surface area (Å²) in [5.41, 5.74) is 10.9. The average Bonchev–Trinajstić information content (AvgIpc) is 2.93. The molecule has 5 heteroatoms. The number of fused-ring (bicyclic) bond motifs is 3. The standard InChI is InChI=1S/C21H31N5/c1-15-16(2)26(13-5-10-22)19(24-15)14-25-12-4-7-18-9-8-17-6-3-11-23-20(17)21(18)25/h3,6,11,18,21H,4-5,7-10,12-14,22H2,1-2H3. The van der Waals surface area contributed by atoms with E-state index < -0.39 is 0 Å². The first-order valence-electron chi connectivity index (χ1n) is 10.1. The smallest absolute Gasteiger partial charge is 0.123 e. The van der Waals surface area contributed by atoms with Gasteiger partial charge in [0.15, 0.2) is 0 Å². The number of likely N-dealkylation sites (tertiary alicyclic amines) is 1. The van der Waals surface area contributed by atoms with Crippen molar-refractivity contribution < 1.29 is 0 Å². The minimum absolute atomic E-state index is 0.453. The summed E-state index contributed by atoms with van der Waals surface area (Å²) in [6, 6.07) is 4.80. The number of hydrogen-bond donors (Lipinski definition) is 1. The molecular formula is C21H31N5. The molecule has 1 aliphatic heterocycles. The van der Waals surface area contributed by atoms with Gasteiger partial charge >= 0.3 is 0 Å². The molecule has 1 aliphatic carbocycles. The predicted octanol–water partition coefficient (Wildman–Crippen LogP) is 3.14. The molecule has 1 saturated heterocycles. The molecule has 2 aromatic rings. The first-order valence-corrected chi connectivity index (χ1v) is 10.1. The molecule has 1 fully saturated rings. The number of nitrogens with zero attached hydrogens (tertiary/aromatic N) is 4. The van der Waals surface area contributed by atoms with Crippen LogP contribution < -0.4 is 5.73 Å². The van der Waals surface area contributed by atoms with Gasteiger partial charge in [-0.15, -0.1) is 0 Å². The molecule has 0 saturated carbocycles. The third kappa shape index (κ3) is 3.19. The minimum Gasteiger partial charge on any atom is -0.331 e. The highest BCUT2D eigenvalue weighted by Gasteiger charge is 2.38. The number of pyridine rings is 1. The van der Waals surface area contributed by atoms with Crippen molar-refractivity contribution in [3.05, 3.63) is 46.8 Å². The maximum atomic E-state index is 5.76. The van der Waals surface area contributed by atoms with Crippen molar-refractivity contribution in [3.63, 3.8) is 0 Å². The van der Waals surface area contributed by atoms with Crippen LogP contribution in [-0.4, -0.2) is 32.5 Å². The highest BCUT2D eigenvalue weighted by Crippen LogP contribution is 2.43. The van der Waals surface area contributed by atoms with E-state index in [-0.39, 0.29) is 0 Å². The summed E-state index contributed by atoms with van der Waals surface area (Å²) in [4.78, 5) is 12.4. The number of imidazole rings is 1. The Morgan fingerprint density at radius 3 is 3.00 bits per heavy atom. The predicted molar refractivity (Wildman–Crippen MR) is 104 cm³/mol. The summed E-state index contributed by atoms with van der Waals surface area (Å²) < 4.78 is 2.38. The van der Waals surface area contributed by atoms with Gasteiger partial charge < -0.3 is 10.3 Å². The zero-order valence-corrected chi connectivity index (χ0v) is 16.1. The molecule has 26 heavy (non-hydrogen) atoms. The van der Waals surface area contributed by atoms with E-state index in [0.717, 1.165) is 44.2 Å². The van der Waals surface area contributed by atoms with Crippen molar-refractivity contribution in [1.29, 1.82) is 0 Å². The van der Waals surface area contributed by atoms with Crippen LogP contribution in [0.2, 0.25) is 0 Å². The number of aromatic nitrogens is 3. The van der Waals surface area contributed by atoms with Gasteiger partial charge in [0.2, 0.25) is 0 Å². The third-order valence-electron chi connectivity index (χ3n) is 6.32. The highest BCUT2D eigenvalue weighted by atomic mass is 15.2. The summed E-state index contributed by atoms with van der Waals surface area (Å²) >= 11 is 0. The molecule has 5 nitrogen and oxygen atoms in total. The van der Waals surface area contributed by atoms with E-state index in [1.165, 1.54) is 48.5 Å². The third-order valence-corrected chi connectivity index (χ3v) is 6.32. The maximum absolute atomic E-state index is 5.76. The van der Waals surface area contributed by atoms with Gasteiger partial charge in [-0.05, 0) is 76.6 Å². The van der Waals surface area contributed by atoms with Gasteiger partial charge in [0.25, 0.3) is 0 Å². The highest BCUT2D eigenvalue weighted by molar-refractivity contribution is 5.27. The molecule has 0 radical (unpaired) electrons. The lowest BCUT2D eigenvalue weighted by Crippen LogP contribution is -2.42. The molecule has 2 unspecified atom stereocenters. The van der Waals surface area contributed by atoms with Crippen molar-refractivity contribution in [2.24, 2.45) is 11.7 Å². The minimum atomic E-state index is 0.453. The maximum Gasteiger partial charge on any atom is 0.123 e. The fourth-order valence-corrected chi connectivity index (χ4v) is 4.87. The van der Waals surface area contributed by atoms with E-state index in [2.05, 4.69) is 35.4 Å². The van der Waals surface area contributed by atoms with Crippen LogP contribution in [0.25, 0.3) is 0 Å². The second kappa shape index (κ2) is 7.49. The van der Waals surface area contributed by atoms with Crippen LogP contribution in [0.3, 0.4) is 0 Å². The molecule has 0 aromatic carbocycles. The lowest BCUT2D eigenvalue weighted by atomic mass is 9.77. The second-order valence-electron chi connectivity index (χ2n) is 7.90. The lowest BCUT2D eigenvalue weighted by molar-refractivity contribution is 0.0662. The van der Waals surface area contributed by atoms with Crippen LogP contribution in [0.15, 0.2) is 18.3 Å². The number of rotatable bonds is 5. The van der Waals surface area contributed by atoms with Crippen molar-refractivity contribution in [3.8, 4) is 0 Å². The summed E-state index contributed by atoms with van der Waals surface area (Å²) in [6.07, 6.45) is 8.05. The van der Waals surface area contributed by atoms with Gasteiger partial charge in [0, 0.05) is 18.4 Å². The van der Waals surface area contributed by atoms with Gasteiger partial charge in [0.05, 0.1) is 24.0 Å². The molecular weight excluding hydrogens is 322 g/mol. The Labute approximate surface area is 156 Å². The van der Waals surface area contributed by atoms with Crippen LogP contribution in [-0.2, 0) is 19.5 Å². The average molecular weight is 354 g/mol. The van der Waals surface area contributed by atoms with Crippen molar-refractivity contribution >= 4 is 0 Å². The fourth-order valence-electron chi connectivity index (χ4n) is 4.87. The first-order chi connectivity index (χ1) is 12.7. The molecule has 2 atom stereocenters. The topological polar surface area (TPSA) is 60.0 Å². The van der Waals surface area contributed by atoms with E-state index >= 15 is 0 Å². The molecule has 3 heterocycles. The van der Waals surface area contributed by atoms with Crippen molar-refractivity contribution in [2.75, 3.05) is 13.1 Å². The summed E-state index contributed by atoms with van der Waals surface area (Å²) in [5.74, 6) is 1.93. The Balaban J connectivity index is 1.63. The van der Waals surface area contributed by atoms with Crippen LogP contribution in [0.5, 0.6) is 0 Å². The Morgan fingerprint density at radius 2 is 2.15 bits per heavy atom. The van der Waals surface area contributed by atoms with Gasteiger partial charge in [-0.25, -0.2) is 4.98 Å². The largest absolute Gasteiger partial charge is 0.331 e. The summed E-state index contributed by atoms with van der Waals surface area (Å²) in [6.45, 7) is 8.04. The van der Waals surface area contributed by atoms with Crippen LogP contribution in [0, 0.1) is 19.8 Å². The van der Waals surface area contributed by atoms with Crippen LogP contribution in [0.4, 0.5) is 0 Å². The molecule has 0 bridgehead atoms. The first kappa shape index (κ1) is 17.7. The number of nitrogens with two attached hydrogens (primary N) is 1. The van der Waals surface area contributed by atoms with Crippen molar-refractivity contribution in [1.82, 2.24) is 19.4 Å². The van der Waals surface area contributed by atoms with E-state index in [1.54, 1.807) is 0 Å². The Morgan fingerprint density at radius 1 is 1.27 bits per heavy atom. The van der Waals surface area contributed by atoms with E-state index in [1.807, 2.05) is 6.20 Å². The SMILES string of the molecule is Cc1nc(CN2CCCC3CCc4cccnc4C32)n(CCCN)c1C. The molecule has 4 rings (SSSR count). The Hall–Kier alpha value is -1.72. The normalized spacial score (nSPS) is 22.9. The summed E-state index contributed by atoms with van der Waals surface area (Å²) in [5, 5.41) is 0. The summed E-state index contributed by atoms with van der Waals surface area (Å²) in [7, 11) is 0. The van der Waals surface area contributed by atoms with Gasteiger partial charge in [-0.1, -0.05) is 6.07 Å². The van der Waals surface area contributed by atoms with Crippen LogP contribution >= 0.6 is 0 Å². The zero-order chi connectivity index (χ0) is 18.1. The molecule has 2 aromatic heterocycles. The molecule has 2 aliphatic rings. The molecule has 140 valence electrons. The van der Waals surface area contributed by atoms with E-state index in [0.29, 0.717) is 6.04 Å². The van der Waals surface area contributed by atoms with Gasteiger partial charge in [-0.2, -0.15) is 0 Å². The van der Waals surface area contributed by atoms with Crippen molar-refractivity contribution in [2.45, 2.75) is 65.1 Å². The Bertz CT molecular complexity index is 766. The Kier molecular flexibility index (Phi) is 5.09. The number of piperidine rings is 1. The quantitative estimate of drug-likeness (QED) is 0.897. The fraction of sp³-hybridized carbons (Fsp3) is 0.619. The number of hydrogen-bond acceptors (Lipinski definition) is 4.